The second-order valence-electron chi connectivity index (χ2n) is 17.6. The van der Waals surface area contributed by atoms with E-state index in [1.807, 2.05) is 12.2 Å². The summed E-state index contributed by atoms with van der Waals surface area (Å²) in [6.07, 6.45) is 45.1. The molecule has 0 radical (unpaired) electrons. The van der Waals surface area contributed by atoms with Gasteiger partial charge in [0.2, 0.25) is 0 Å². The number of rotatable bonds is 46. The number of aliphatic hydroxyl groups excluding tert-OH is 2. The van der Waals surface area contributed by atoms with Gasteiger partial charge in [-0.05, 0) is 51.4 Å². The summed E-state index contributed by atoms with van der Waals surface area (Å²) in [5, 5.41) is 46.1. The molecule has 0 saturated carbocycles. The molecule has 4 atom stereocenters. The Balaban J connectivity index is 4.69. The van der Waals surface area contributed by atoms with Gasteiger partial charge in [0, 0.05) is 0 Å². The normalized spacial score (nSPS) is 15.1. The van der Waals surface area contributed by atoms with Crippen molar-refractivity contribution in [2.45, 2.75) is 281 Å². The molecule has 5 nitrogen and oxygen atoms in total. The third kappa shape index (κ3) is 32.9. The monoisotopic (exact) mass is 779 g/mol. The van der Waals surface area contributed by atoms with Crippen molar-refractivity contribution in [3.63, 3.8) is 0 Å². The third-order valence-electron chi connectivity index (χ3n) is 12.1. The maximum absolute atomic E-state index is 11.8. The number of hydrogen-bond donors (Lipinski definition) is 4. The number of unbranched alkanes of at least 4 members (excludes halogenated alkanes) is 30. The molecule has 0 fully saturated rings. The molecule has 0 aromatic rings. The molecular formula is C50H98O5. The molecule has 0 aromatic carbocycles. The van der Waals surface area contributed by atoms with Gasteiger partial charge in [0.1, 0.15) is 11.2 Å². The minimum Gasteiger partial charge on any atom is -0.390 e. The van der Waals surface area contributed by atoms with Crippen molar-refractivity contribution in [2.75, 3.05) is 13.2 Å². The first kappa shape index (κ1) is 54.3. The zero-order chi connectivity index (χ0) is 40.6. The zero-order valence-corrected chi connectivity index (χ0v) is 37.2. The molecule has 0 aliphatic rings. The summed E-state index contributed by atoms with van der Waals surface area (Å²) in [4.78, 5) is 0. The summed E-state index contributed by atoms with van der Waals surface area (Å²) < 4.78 is 6.11. The van der Waals surface area contributed by atoms with Crippen LogP contribution >= 0.6 is 0 Å². The van der Waals surface area contributed by atoms with Crippen molar-refractivity contribution in [2.24, 2.45) is 0 Å². The summed E-state index contributed by atoms with van der Waals surface area (Å²) in [5.74, 6) is 0. The molecule has 5 heteroatoms. The van der Waals surface area contributed by atoms with Gasteiger partial charge in [-0.1, -0.05) is 219 Å². The first-order chi connectivity index (χ1) is 26.8. The molecule has 0 aliphatic carbocycles. The summed E-state index contributed by atoms with van der Waals surface area (Å²) >= 11 is 0. The van der Waals surface area contributed by atoms with E-state index in [1.165, 1.54) is 154 Å². The maximum atomic E-state index is 11.8. The van der Waals surface area contributed by atoms with Crippen molar-refractivity contribution in [1.29, 1.82) is 0 Å². The van der Waals surface area contributed by atoms with Crippen molar-refractivity contribution in [3.05, 3.63) is 25.3 Å². The molecule has 55 heavy (non-hydrogen) atoms. The summed E-state index contributed by atoms with van der Waals surface area (Å²) in [5.41, 5.74) is -2.75. The van der Waals surface area contributed by atoms with Crippen LogP contribution in [0.25, 0.3) is 0 Å². The van der Waals surface area contributed by atoms with Gasteiger partial charge in [0.25, 0.3) is 0 Å². The highest BCUT2D eigenvalue weighted by Crippen LogP contribution is 2.28. The van der Waals surface area contributed by atoms with E-state index in [9.17, 15) is 20.4 Å². The molecule has 0 saturated heterocycles. The molecule has 328 valence electrons. The largest absolute Gasteiger partial charge is 0.390 e. The highest BCUT2D eigenvalue weighted by molar-refractivity contribution is 4.90. The van der Waals surface area contributed by atoms with E-state index >= 15 is 0 Å². The Morgan fingerprint density at radius 2 is 0.655 bits per heavy atom. The lowest BCUT2D eigenvalue weighted by atomic mass is 9.86. The third-order valence-corrected chi connectivity index (χ3v) is 12.1. The van der Waals surface area contributed by atoms with Gasteiger partial charge in [-0.25, -0.2) is 0 Å². The van der Waals surface area contributed by atoms with Crippen LogP contribution in [0.2, 0.25) is 0 Å². The minimum atomic E-state index is -1.37. The minimum absolute atomic E-state index is 0.0403. The van der Waals surface area contributed by atoms with Crippen LogP contribution in [0.5, 0.6) is 0 Å². The maximum Gasteiger partial charge on any atom is 0.114 e. The van der Waals surface area contributed by atoms with Gasteiger partial charge in [-0.2, -0.15) is 0 Å². The number of aliphatic hydroxyl groups is 4. The Hall–Kier alpha value is -0.720. The summed E-state index contributed by atoms with van der Waals surface area (Å²) in [6, 6.07) is 0. The van der Waals surface area contributed by atoms with E-state index < -0.39 is 23.4 Å². The number of allylic oxidation sites excluding steroid dienone is 2. The van der Waals surface area contributed by atoms with Gasteiger partial charge >= 0.3 is 0 Å². The van der Waals surface area contributed by atoms with Crippen molar-refractivity contribution in [3.8, 4) is 0 Å². The van der Waals surface area contributed by atoms with E-state index in [4.69, 9.17) is 4.74 Å². The molecule has 4 N–H and O–H groups in total. The van der Waals surface area contributed by atoms with Crippen LogP contribution in [-0.4, -0.2) is 57.0 Å². The zero-order valence-electron chi connectivity index (χ0n) is 37.2. The molecule has 0 spiro atoms. The van der Waals surface area contributed by atoms with Crippen LogP contribution in [0, 0.1) is 0 Å². The van der Waals surface area contributed by atoms with E-state index in [1.54, 1.807) is 0 Å². The topological polar surface area (TPSA) is 90.2 Å². The van der Waals surface area contributed by atoms with Gasteiger partial charge < -0.3 is 25.2 Å². The van der Waals surface area contributed by atoms with Crippen LogP contribution in [0.4, 0.5) is 0 Å². The smallest absolute Gasteiger partial charge is 0.114 e. The van der Waals surface area contributed by atoms with Crippen LogP contribution in [0.3, 0.4) is 0 Å². The van der Waals surface area contributed by atoms with Crippen molar-refractivity contribution < 1.29 is 25.2 Å². The first-order valence-electron chi connectivity index (χ1n) is 24.4. The van der Waals surface area contributed by atoms with Crippen molar-refractivity contribution in [1.82, 2.24) is 0 Å². The standard InChI is InChI=1S/C50H98O5/c1-5-9-13-17-19-21-23-25-27-29-31-33-35-37-41-47(51)49(53,43-39-15-11-7-3)45-55-46-50(54,44-40-16-12-8-4)48(52)42-38-36-34-32-30-28-26-24-22-20-18-14-10-6-2/h7-8,47-48,51-54H,3-6,9-46H2,1-2H3. The van der Waals surface area contributed by atoms with Gasteiger partial charge in [-0.15, -0.1) is 13.2 Å². The molecule has 0 bridgehead atoms. The predicted octanol–water partition coefficient (Wildman–Crippen LogP) is 14.4. The summed E-state index contributed by atoms with van der Waals surface area (Å²) in [6.45, 7) is 12.1. The Morgan fingerprint density at radius 1 is 0.400 bits per heavy atom. The van der Waals surface area contributed by atoms with Crippen LogP contribution in [0.15, 0.2) is 25.3 Å². The molecule has 4 unspecified atom stereocenters. The quantitative estimate of drug-likeness (QED) is 0.0365. The average Bonchev–Trinajstić information content (AvgIpc) is 3.18. The van der Waals surface area contributed by atoms with Crippen LogP contribution < -0.4 is 0 Å². The molecule has 0 amide bonds. The average molecular weight is 779 g/mol. The van der Waals surface area contributed by atoms with Crippen molar-refractivity contribution >= 4 is 0 Å². The molecular weight excluding hydrogens is 681 g/mol. The lowest BCUT2D eigenvalue weighted by molar-refractivity contribution is -0.169. The molecule has 0 heterocycles. The Morgan fingerprint density at radius 3 is 0.909 bits per heavy atom. The SMILES string of the molecule is C=CCCCCC(O)(COCC(O)(CCCCC=C)C(O)CCCCCCCCCCCCCCCC)C(O)CCCCCCCCCCCCCCCC. The number of hydrogen-bond acceptors (Lipinski definition) is 5. The predicted molar refractivity (Wildman–Crippen MR) is 240 cm³/mol. The van der Waals surface area contributed by atoms with Gasteiger partial charge in [-0.3, -0.25) is 0 Å². The fourth-order valence-corrected chi connectivity index (χ4v) is 8.12. The number of ether oxygens (including phenoxy) is 1. The van der Waals surface area contributed by atoms with Crippen LogP contribution in [-0.2, 0) is 4.74 Å². The Bertz CT molecular complexity index is 739. The van der Waals surface area contributed by atoms with E-state index in [0.29, 0.717) is 25.7 Å². The molecule has 0 rings (SSSR count). The Labute approximate surface area is 344 Å². The van der Waals surface area contributed by atoms with Gasteiger partial charge in [0.05, 0.1) is 25.4 Å². The molecule has 0 aliphatic heterocycles. The van der Waals surface area contributed by atoms with E-state index in [0.717, 1.165) is 64.2 Å². The highest BCUT2D eigenvalue weighted by Gasteiger charge is 2.39. The lowest BCUT2D eigenvalue weighted by Gasteiger charge is -2.37. The fraction of sp³-hybridized carbons (Fsp3) is 0.920. The van der Waals surface area contributed by atoms with E-state index in [-0.39, 0.29) is 13.2 Å². The van der Waals surface area contributed by atoms with Crippen LogP contribution in [0.1, 0.15) is 258 Å². The second kappa shape index (κ2) is 40.1. The second-order valence-corrected chi connectivity index (χ2v) is 17.6. The Kier molecular flexibility index (Phi) is 39.6. The first-order valence-corrected chi connectivity index (χ1v) is 24.4. The summed E-state index contributed by atoms with van der Waals surface area (Å²) in [7, 11) is 0. The fourth-order valence-electron chi connectivity index (χ4n) is 8.12. The highest BCUT2D eigenvalue weighted by atomic mass is 16.5. The van der Waals surface area contributed by atoms with Gasteiger partial charge in [0.15, 0.2) is 0 Å². The van der Waals surface area contributed by atoms with E-state index in [2.05, 4.69) is 27.0 Å². The lowest BCUT2D eigenvalue weighted by Crippen LogP contribution is -2.50. The molecule has 0 aromatic heterocycles.